The van der Waals surface area contributed by atoms with Crippen LogP contribution in [0.5, 0.6) is 0 Å². The second-order valence-corrected chi connectivity index (χ2v) is 2.20. The summed E-state index contributed by atoms with van der Waals surface area (Å²) in [5.74, 6) is 0. The Morgan fingerprint density at radius 2 is 2.22 bits per heavy atom. The average molecular weight is 141 g/mol. The van der Waals surface area contributed by atoms with Crippen molar-refractivity contribution in [1.29, 1.82) is 0 Å². The van der Waals surface area contributed by atoms with Crippen LogP contribution in [0.15, 0.2) is 0 Å². The van der Waals surface area contributed by atoms with Gasteiger partial charge in [-0.15, -0.1) is 0 Å². The van der Waals surface area contributed by atoms with Gasteiger partial charge < -0.3 is 0 Å². The zero-order valence-corrected chi connectivity index (χ0v) is 4.55. The first-order chi connectivity index (χ1) is 5.65. The lowest BCUT2D eigenvalue weighted by molar-refractivity contribution is -0.186. The molecule has 0 aromatic heterocycles. The molecule has 0 atom stereocenters. The van der Waals surface area contributed by atoms with E-state index in [0.717, 1.165) is 0 Å². The zero-order valence-electron chi connectivity index (χ0n) is 8.55. The van der Waals surface area contributed by atoms with E-state index in [1.165, 1.54) is 0 Å². The maximum absolute atomic E-state index is 12.3. The maximum atomic E-state index is 12.3. The molecule has 0 saturated heterocycles. The lowest BCUT2D eigenvalue weighted by Crippen LogP contribution is -2.23. The highest BCUT2D eigenvalue weighted by Gasteiger charge is 2.61. The summed E-state index contributed by atoms with van der Waals surface area (Å²) in [5.41, 5.74) is -2.47. The normalized spacial score (nSPS) is 32.4. The Labute approximate surface area is 57.7 Å². The molecule has 0 unspecified atom stereocenters. The molecule has 1 saturated carbocycles. The molecule has 0 aromatic rings. The topological polar surface area (TPSA) is 0 Å². The highest BCUT2D eigenvalue weighted by Crippen LogP contribution is 2.59. The molecule has 9 heavy (non-hydrogen) atoms. The molecule has 0 bridgehead atoms. The largest absolute Gasteiger partial charge is 0.394 e. The lowest BCUT2D eigenvalue weighted by Gasteiger charge is -2.15. The molecule has 1 rings (SSSR count). The van der Waals surface area contributed by atoms with Crippen molar-refractivity contribution in [2.75, 3.05) is 0 Å². The Balaban J connectivity index is 2.94. The van der Waals surface area contributed by atoms with E-state index in [2.05, 4.69) is 0 Å². The number of hydrogen-bond acceptors (Lipinski definition) is 0. The van der Waals surface area contributed by atoms with E-state index in [1.54, 1.807) is 0 Å². The van der Waals surface area contributed by atoms with Crippen LogP contribution in [-0.4, -0.2) is 6.18 Å². The third-order valence-electron chi connectivity index (χ3n) is 1.53. The van der Waals surface area contributed by atoms with Gasteiger partial charge in [-0.05, 0) is 19.2 Å². The first-order valence-corrected chi connectivity index (χ1v) is 2.52. The molecule has 0 amide bonds. The third-order valence-corrected chi connectivity index (χ3v) is 1.53. The quantitative estimate of drug-likeness (QED) is 0.554. The molecule has 0 aliphatic heterocycles. The van der Waals surface area contributed by atoms with Gasteiger partial charge in [0.25, 0.3) is 0 Å². The number of halogens is 3. The highest BCUT2D eigenvalue weighted by atomic mass is 19.4. The van der Waals surface area contributed by atoms with Crippen LogP contribution < -0.4 is 0 Å². The molecule has 0 heterocycles. The third kappa shape index (κ3) is 0.926. The van der Waals surface area contributed by atoms with E-state index in [1.807, 2.05) is 0 Å². The van der Waals surface area contributed by atoms with E-state index in [0.29, 0.717) is 0 Å². The minimum atomic E-state index is -4.66. The second-order valence-electron chi connectivity index (χ2n) is 2.20. The minimum absolute atomic E-state index is 0.329. The van der Waals surface area contributed by atoms with Gasteiger partial charge >= 0.3 is 6.18 Å². The van der Waals surface area contributed by atoms with Crippen molar-refractivity contribution in [3.8, 4) is 0 Å². The summed E-state index contributed by atoms with van der Waals surface area (Å²) >= 11 is 0. The predicted octanol–water partition coefficient (Wildman–Crippen LogP) is 2.55. The van der Waals surface area contributed by atoms with Gasteiger partial charge in [-0.25, -0.2) is 0 Å². The Kier molecular flexibility index (Phi) is 0.595. The van der Waals surface area contributed by atoms with Gasteiger partial charge in [-0.2, -0.15) is 13.2 Å². The van der Waals surface area contributed by atoms with Crippen molar-refractivity contribution < 1.29 is 18.7 Å². The van der Waals surface area contributed by atoms with Gasteiger partial charge in [-0.1, -0.05) is 6.88 Å². The fourth-order valence-electron chi connectivity index (χ4n) is 0.604. The van der Waals surface area contributed by atoms with Crippen molar-refractivity contribution in [2.24, 2.45) is 5.41 Å². The van der Waals surface area contributed by atoms with E-state index in [9.17, 15) is 13.2 Å². The molecular weight excluding hydrogens is 129 g/mol. The molecule has 53 valence electrons. The fraction of sp³-hybridized carbons (Fsp3) is 0.833. The van der Waals surface area contributed by atoms with Crippen LogP contribution >= 0.6 is 0 Å². The van der Waals surface area contributed by atoms with Crippen molar-refractivity contribution in [2.45, 2.75) is 25.4 Å². The van der Waals surface area contributed by atoms with Gasteiger partial charge in [0, 0.05) is 5.48 Å². The summed E-state index contributed by atoms with van der Waals surface area (Å²) in [6.45, 7) is -1.30. The first-order valence-electron chi connectivity index (χ1n) is 4.52. The Hall–Kier alpha value is -0.210. The van der Waals surface area contributed by atoms with Crippen LogP contribution in [0.4, 0.5) is 13.2 Å². The standard InChI is InChI=1S/C6H8F3/c1-2-5(3-4-5)6(7,8)9/h1-4H2/i1D2,2D2. The molecule has 1 aliphatic carbocycles. The molecule has 0 spiro atoms. The van der Waals surface area contributed by atoms with E-state index in [4.69, 9.17) is 5.48 Å². The molecular formula is C6H8F3. The Bertz CT molecular complexity index is 206. The smallest absolute Gasteiger partial charge is 0.171 e. The Morgan fingerprint density at radius 1 is 1.67 bits per heavy atom. The molecule has 1 aliphatic rings. The van der Waals surface area contributed by atoms with Crippen molar-refractivity contribution in [1.82, 2.24) is 0 Å². The SMILES string of the molecule is [2H][C]([2H])C([2H])([2H])C1(C(F)(F)F)CC1. The molecule has 3 heteroatoms. The summed E-state index contributed by atoms with van der Waals surface area (Å²) in [6.07, 6.45) is -8.20. The molecule has 1 radical (unpaired) electrons. The van der Waals surface area contributed by atoms with Gasteiger partial charge in [0.1, 0.15) is 0 Å². The first kappa shape index (κ1) is 3.26. The monoisotopic (exact) mass is 141 g/mol. The number of alkyl halides is 3. The summed E-state index contributed by atoms with van der Waals surface area (Å²) < 4.78 is 64.4. The second kappa shape index (κ2) is 1.64. The van der Waals surface area contributed by atoms with Crippen LogP contribution in [0.25, 0.3) is 0 Å². The van der Waals surface area contributed by atoms with Crippen molar-refractivity contribution in [3.63, 3.8) is 0 Å². The summed E-state index contributed by atoms with van der Waals surface area (Å²) in [6, 6.07) is 0. The van der Waals surface area contributed by atoms with Crippen molar-refractivity contribution in [3.05, 3.63) is 6.88 Å². The van der Waals surface area contributed by atoms with Gasteiger partial charge in [0.15, 0.2) is 0 Å². The maximum Gasteiger partial charge on any atom is 0.394 e. The van der Waals surface area contributed by atoms with Gasteiger partial charge in [-0.3, -0.25) is 0 Å². The molecule has 0 aromatic carbocycles. The highest BCUT2D eigenvalue weighted by molar-refractivity contribution is 4.99. The summed E-state index contributed by atoms with van der Waals surface area (Å²) in [4.78, 5) is 0. The van der Waals surface area contributed by atoms with Crippen LogP contribution in [0.1, 0.15) is 24.7 Å². The van der Waals surface area contributed by atoms with Crippen molar-refractivity contribution >= 4 is 0 Å². The Morgan fingerprint density at radius 3 is 2.33 bits per heavy atom. The predicted molar refractivity (Wildman–Crippen MR) is 27.7 cm³/mol. The molecule has 1 fully saturated rings. The van der Waals surface area contributed by atoms with E-state index < -0.39 is 24.8 Å². The van der Waals surface area contributed by atoms with Gasteiger partial charge in [0.2, 0.25) is 0 Å². The molecule has 0 N–H and O–H groups in total. The summed E-state index contributed by atoms with van der Waals surface area (Å²) in [5, 5.41) is 0. The minimum Gasteiger partial charge on any atom is -0.171 e. The van der Waals surface area contributed by atoms with Crippen LogP contribution in [0.3, 0.4) is 0 Å². The average Bonchev–Trinajstić information content (AvgIpc) is 2.61. The number of hydrogen-bond donors (Lipinski definition) is 0. The zero-order chi connectivity index (χ0) is 10.5. The van der Waals surface area contributed by atoms with Crippen LogP contribution in [0, 0.1) is 12.3 Å². The van der Waals surface area contributed by atoms with Crippen LogP contribution in [-0.2, 0) is 0 Å². The van der Waals surface area contributed by atoms with E-state index >= 15 is 0 Å². The lowest BCUT2D eigenvalue weighted by atomic mass is 10.0. The van der Waals surface area contributed by atoms with Gasteiger partial charge in [0.05, 0.1) is 5.41 Å². The molecule has 0 nitrogen and oxygen atoms in total. The van der Waals surface area contributed by atoms with E-state index in [-0.39, 0.29) is 12.8 Å². The fourth-order valence-corrected chi connectivity index (χ4v) is 0.604. The summed E-state index contributed by atoms with van der Waals surface area (Å²) in [7, 11) is 0. The number of rotatable bonds is 2. The van der Waals surface area contributed by atoms with Crippen LogP contribution in [0.2, 0.25) is 0 Å².